The van der Waals surface area contributed by atoms with Gasteiger partial charge in [0.05, 0.1) is 0 Å². The van der Waals surface area contributed by atoms with Crippen LogP contribution < -0.4 is 10.6 Å². The van der Waals surface area contributed by atoms with E-state index in [1.54, 1.807) is 31.2 Å². The first-order chi connectivity index (χ1) is 11.9. The van der Waals surface area contributed by atoms with Crippen molar-refractivity contribution in [3.05, 3.63) is 34.9 Å². The van der Waals surface area contributed by atoms with Crippen molar-refractivity contribution in [2.24, 2.45) is 0 Å². The van der Waals surface area contributed by atoms with Crippen LogP contribution in [0.25, 0.3) is 0 Å². The second kappa shape index (κ2) is 7.04. The molecule has 0 unspecified atom stereocenters. The number of carbonyl (C=O) groups is 3. The monoisotopic (exact) mass is 363 g/mol. The fourth-order valence-corrected chi connectivity index (χ4v) is 3.88. The number of urea groups is 1. The van der Waals surface area contributed by atoms with E-state index in [2.05, 4.69) is 10.6 Å². The molecule has 1 aromatic rings. The number of nitrogens with zero attached hydrogens (tertiary/aromatic N) is 1. The van der Waals surface area contributed by atoms with Crippen LogP contribution in [-0.4, -0.2) is 35.3 Å². The average Bonchev–Trinajstić information content (AvgIpc) is 2.80. The molecule has 134 valence electrons. The van der Waals surface area contributed by atoms with Crippen molar-refractivity contribution in [1.29, 1.82) is 0 Å². The lowest BCUT2D eigenvalue weighted by atomic mass is 9.92. The zero-order valence-electron chi connectivity index (χ0n) is 14.2. The average molecular weight is 364 g/mol. The van der Waals surface area contributed by atoms with Crippen molar-refractivity contribution in [1.82, 2.24) is 15.5 Å². The predicted molar refractivity (Wildman–Crippen MR) is 94.1 cm³/mol. The van der Waals surface area contributed by atoms with Crippen molar-refractivity contribution in [3.63, 3.8) is 0 Å². The van der Waals surface area contributed by atoms with Crippen molar-refractivity contribution in [2.45, 2.75) is 50.6 Å². The predicted octanol–water partition coefficient (Wildman–Crippen LogP) is 2.56. The molecule has 2 fully saturated rings. The molecule has 0 spiro atoms. The fraction of sp³-hybridized carbons (Fsp3) is 0.500. The van der Waals surface area contributed by atoms with Gasteiger partial charge in [0.15, 0.2) is 0 Å². The molecule has 0 aromatic heterocycles. The van der Waals surface area contributed by atoms with Crippen LogP contribution in [0.5, 0.6) is 0 Å². The maximum absolute atomic E-state index is 12.8. The molecule has 4 amide bonds. The van der Waals surface area contributed by atoms with Gasteiger partial charge in [-0.3, -0.25) is 14.5 Å². The number of rotatable bonds is 4. The van der Waals surface area contributed by atoms with E-state index < -0.39 is 17.5 Å². The highest BCUT2D eigenvalue weighted by atomic mass is 35.5. The number of amides is 4. The first-order valence-corrected chi connectivity index (χ1v) is 8.98. The summed E-state index contributed by atoms with van der Waals surface area (Å²) in [5.41, 5.74) is -0.745. The summed E-state index contributed by atoms with van der Waals surface area (Å²) in [4.78, 5) is 38.3. The minimum Gasteiger partial charge on any atom is -0.352 e. The quantitative estimate of drug-likeness (QED) is 0.807. The molecule has 0 radical (unpaired) electrons. The van der Waals surface area contributed by atoms with Gasteiger partial charge in [0.25, 0.3) is 5.91 Å². The first kappa shape index (κ1) is 17.7. The van der Waals surface area contributed by atoms with Crippen molar-refractivity contribution in [2.75, 3.05) is 6.54 Å². The molecule has 25 heavy (non-hydrogen) atoms. The van der Waals surface area contributed by atoms with E-state index in [0.29, 0.717) is 10.6 Å². The molecule has 7 heteroatoms. The molecule has 1 aromatic carbocycles. The number of carbonyl (C=O) groups excluding carboxylic acids is 3. The molecule has 0 bridgehead atoms. The van der Waals surface area contributed by atoms with Crippen LogP contribution in [0.1, 0.15) is 44.6 Å². The Balaban J connectivity index is 1.71. The van der Waals surface area contributed by atoms with Crippen LogP contribution in [-0.2, 0) is 15.1 Å². The van der Waals surface area contributed by atoms with Crippen LogP contribution >= 0.6 is 11.6 Å². The Bertz CT molecular complexity index is 703. The third-order valence-corrected chi connectivity index (χ3v) is 5.29. The smallest absolute Gasteiger partial charge is 0.325 e. The minimum absolute atomic E-state index is 0.136. The molecule has 1 saturated heterocycles. The molecule has 1 atom stereocenters. The second-order valence-electron chi connectivity index (χ2n) is 6.83. The number of hydrogen-bond acceptors (Lipinski definition) is 3. The Morgan fingerprint density at radius 2 is 1.96 bits per heavy atom. The lowest BCUT2D eigenvalue weighted by Gasteiger charge is -2.25. The second-order valence-corrected chi connectivity index (χ2v) is 7.24. The van der Waals surface area contributed by atoms with Gasteiger partial charge in [0, 0.05) is 16.6 Å². The number of hydrogen-bond donors (Lipinski definition) is 2. The highest BCUT2D eigenvalue weighted by molar-refractivity contribution is 6.32. The van der Waals surface area contributed by atoms with E-state index in [1.807, 2.05) is 0 Å². The zero-order chi connectivity index (χ0) is 18.0. The molecule has 2 N–H and O–H groups in total. The third kappa shape index (κ3) is 3.49. The van der Waals surface area contributed by atoms with Gasteiger partial charge in [-0.1, -0.05) is 49.1 Å². The Morgan fingerprint density at radius 1 is 1.28 bits per heavy atom. The van der Waals surface area contributed by atoms with Crippen molar-refractivity contribution < 1.29 is 14.4 Å². The van der Waals surface area contributed by atoms with E-state index in [0.717, 1.165) is 30.6 Å². The Morgan fingerprint density at radius 3 is 2.64 bits per heavy atom. The molecule has 1 aliphatic heterocycles. The maximum Gasteiger partial charge on any atom is 0.325 e. The van der Waals surface area contributed by atoms with Gasteiger partial charge in [-0.15, -0.1) is 0 Å². The lowest BCUT2D eigenvalue weighted by Crippen LogP contribution is -2.46. The summed E-state index contributed by atoms with van der Waals surface area (Å²) in [7, 11) is 0. The van der Waals surface area contributed by atoms with Gasteiger partial charge < -0.3 is 10.6 Å². The number of imide groups is 1. The van der Waals surface area contributed by atoms with Gasteiger partial charge in [-0.05, 0) is 25.8 Å². The summed E-state index contributed by atoms with van der Waals surface area (Å²) < 4.78 is 0. The number of benzene rings is 1. The van der Waals surface area contributed by atoms with E-state index in [9.17, 15) is 14.4 Å². The largest absolute Gasteiger partial charge is 0.352 e. The molecule has 1 aliphatic carbocycles. The summed E-state index contributed by atoms with van der Waals surface area (Å²) in [6.45, 7) is 1.33. The molecule has 1 saturated carbocycles. The highest BCUT2D eigenvalue weighted by Crippen LogP contribution is 2.33. The van der Waals surface area contributed by atoms with Crippen molar-refractivity contribution >= 4 is 29.4 Å². The van der Waals surface area contributed by atoms with Crippen LogP contribution in [0.3, 0.4) is 0 Å². The SMILES string of the molecule is C[C@]1(c2ccccc2Cl)NC(=O)N(CC(=O)NC2CCCCC2)C1=O. The van der Waals surface area contributed by atoms with Crippen LogP contribution in [0, 0.1) is 0 Å². The normalized spacial score (nSPS) is 24.3. The summed E-state index contributed by atoms with van der Waals surface area (Å²) in [5, 5.41) is 5.99. The lowest BCUT2D eigenvalue weighted by molar-refractivity contribution is -0.135. The Kier molecular flexibility index (Phi) is 4.99. The Hall–Kier alpha value is -2.08. The topological polar surface area (TPSA) is 78.5 Å². The molecule has 6 nitrogen and oxygen atoms in total. The first-order valence-electron chi connectivity index (χ1n) is 8.60. The number of nitrogens with one attached hydrogen (secondary N) is 2. The molecular formula is C18H22ClN3O3. The standard InChI is InChI=1S/C18H22ClN3O3/c1-18(13-9-5-6-10-14(13)19)16(24)22(17(25)21-18)11-15(23)20-12-7-3-2-4-8-12/h5-6,9-10,12H,2-4,7-8,11H2,1H3,(H,20,23)(H,21,25)/t18-/m1/s1. The Labute approximate surface area is 151 Å². The summed E-state index contributed by atoms with van der Waals surface area (Å²) >= 11 is 6.19. The maximum atomic E-state index is 12.8. The van der Waals surface area contributed by atoms with Crippen LogP contribution in [0.4, 0.5) is 4.79 Å². The van der Waals surface area contributed by atoms with E-state index in [4.69, 9.17) is 11.6 Å². The van der Waals surface area contributed by atoms with Gasteiger partial charge in [0.1, 0.15) is 12.1 Å². The van der Waals surface area contributed by atoms with Crippen molar-refractivity contribution in [3.8, 4) is 0 Å². The van der Waals surface area contributed by atoms with Gasteiger partial charge in [0.2, 0.25) is 5.91 Å². The van der Waals surface area contributed by atoms with Crippen LogP contribution in [0.2, 0.25) is 5.02 Å². The van der Waals surface area contributed by atoms with Gasteiger partial charge in [-0.2, -0.15) is 0 Å². The fourth-order valence-electron chi connectivity index (χ4n) is 3.55. The summed E-state index contributed by atoms with van der Waals surface area (Å²) in [6.07, 6.45) is 5.28. The van der Waals surface area contributed by atoms with Gasteiger partial charge in [-0.25, -0.2) is 4.79 Å². The number of halogens is 1. The summed E-state index contributed by atoms with van der Waals surface area (Å²) in [6, 6.07) is 6.44. The molecule has 1 heterocycles. The minimum atomic E-state index is -1.26. The highest BCUT2D eigenvalue weighted by Gasteiger charge is 2.50. The molecular weight excluding hydrogens is 342 g/mol. The van der Waals surface area contributed by atoms with E-state index in [-0.39, 0.29) is 18.5 Å². The molecule has 3 rings (SSSR count). The van der Waals surface area contributed by atoms with E-state index >= 15 is 0 Å². The third-order valence-electron chi connectivity index (χ3n) is 4.96. The zero-order valence-corrected chi connectivity index (χ0v) is 14.9. The van der Waals surface area contributed by atoms with E-state index in [1.165, 1.54) is 6.42 Å². The van der Waals surface area contributed by atoms with Crippen LogP contribution in [0.15, 0.2) is 24.3 Å². The molecule has 2 aliphatic rings. The van der Waals surface area contributed by atoms with Gasteiger partial charge >= 0.3 is 6.03 Å². The summed E-state index contributed by atoms with van der Waals surface area (Å²) in [5.74, 6) is -0.775.